The van der Waals surface area contributed by atoms with Crippen LogP contribution in [0.15, 0.2) is 35.4 Å². The summed E-state index contributed by atoms with van der Waals surface area (Å²) in [5, 5.41) is 4.49. The molecule has 11 nitrogen and oxygen atoms in total. The second-order valence-corrected chi connectivity index (χ2v) is 25.7. The van der Waals surface area contributed by atoms with Crippen molar-refractivity contribution in [2.24, 2.45) is 0 Å². The van der Waals surface area contributed by atoms with E-state index >= 15 is 0 Å². The summed E-state index contributed by atoms with van der Waals surface area (Å²) in [5.41, 5.74) is 6.39. The fourth-order valence-electron chi connectivity index (χ4n) is 4.74. The first-order chi connectivity index (χ1) is 20.4. The van der Waals surface area contributed by atoms with E-state index in [4.69, 9.17) is 19.5 Å². The predicted octanol–water partition coefficient (Wildman–Crippen LogP) is 6.83. The fourth-order valence-corrected chi connectivity index (χ4v) is 6.93. The summed E-state index contributed by atoms with van der Waals surface area (Å²) in [4.78, 5) is 23.0. The van der Waals surface area contributed by atoms with Crippen LogP contribution >= 0.6 is 0 Å². The van der Waals surface area contributed by atoms with Crippen molar-refractivity contribution >= 4 is 33.7 Å². The van der Waals surface area contributed by atoms with Gasteiger partial charge in [-0.1, -0.05) is 53.7 Å². The molecule has 45 heavy (non-hydrogen) atoms. The third kappa shape index (κ3) is 6.52. The van der Waals surface area contributed by atoms with E-state index in [2.05, 4.69) is 133 Å². The average molecular weight is 658 g/mol. The van der Waals surface area contributed by atoms with Crippen LogP contribution in [0.5, 0.6) is 5.75 Å². The number of hydrogen-bond acceptors (Lipinski definition) is 9. The molecule has 0 atom stereocenters. The van der Waals surface area contributed by atoms with Crippen LogP contribution in [-0.4, -0.2) is 64.0 Å². The van der Waals surface area contributed by atoms with E-state index in [-0.39, 0.29) is 44.3 Å². The second kappa shape index (κ2) is 11.6. The highest BCUT2D eigenvalue weighted by Crippen LogP contribution is 2.54. The lowest BCUT2D eigenvalue weighted by atomic mass is 9.84. The Morgan fingerprint density at radius 3 is 1.84 bits per heavy atom. The molecule has 1 saturated heterocycles. The summed E-state index contributed by atoms with van der Waals surface area (Å²) in [6.45, 7) is 32.7. The number of rotatable bonds is 9. The van der Waals surface area contributed by atoms with Crippen LogP contribution < -0.4 is 16.0 Å². The smallest absolute Gasteiger partial charge is 0.280 e. The number of aromatic nitrogens is 4. The summed E-state index contributed by atoms with van der Waals surface area (Å²) < 4.78 is 22.3. The van der Waals surface area contributed by atoms with E-state index < -0.39 is 16.6 Å². The maximum Gasteiger partial charge on any atom is 0.280 e. The molecule has 13 heteroatoms. The van der Waals surface area contributed by atoms with Gasteiger partial charge >= 0.3 is 0 Å². The van der Waals surface area contributed by atoms with Gasteiger partial charge in [-0.05, 0) is 81.7 Å². The summed E-state index contributed by atoms with van der Waals surface area (Å²) in [6, 6.07) is 8.21. The highest BCUT2D eigenvalue weighted by Gasteiger charge is 2.63. The van der Waals surface area contributed by atoms with Gasteiger partial charge < -0.3 is 24.1 Å². The molecular formula is C32H55N7O4Si2. The van der Waals surface area contributed by atoms with Crippen molar-refractivity contribution in [3.8, 4) is 5.75 Å². The van der Waals surface area contributed by atoms with Gasteiger partial charge in [0, 0.05) is 0 Å². The highest BCUT2D eigenvalue weighted by atomic mass is 28.4. The molecule has 1 aromatic carbocycles. The maximum atomic E-state index is 12.1. The van der Waals surface area contributed by atoms with Crippen molar-refractivity contribution in [1.29, 1.82) is 0 Å². The monoisotopic (exact) mass is 657 g/mol. The third-order valence-electron chi connectivity index (χ3n) is 10.6. The molecule has 0 amide bonds. The SMILES string of the molecule is CC1(C)N(O[Si](C)(C)C(C)(C)C)C(c2ccc(OCCn3cnc4c(=O)[nH]c(N)nc43)cc2)N(O[Si](C)(C)C(C)(C)C)C1(C)C. The van der Waals surface area contributed by atoms with Crippen LogP contribution in [0.4, 0.5) is 5.95 Å². The Morgan fingerprint density at radius 1 is 0.889 bits per heavy atom. The summed E-state index contributed by atoms with van der Waals surface area (Å²) in [6.07, 6.45) is 1.32. The number of imidazole rings is 1. The fraction of sp³-hybridized carbons (Fsp3) is 0.656. The van der Waals surface area contributed by atoms with Crippen LogP contribution in [0, 0.1) is 0 Å². The topological polar surface area (TPSA) is 124 Å². The van der Waals surface area contributed by atoms with Crippen molar-refractivity contribution in [1.82, 2.24) is 29.6 Å². The van der Waals surface area contributed by atoms with Gasteiger partial charge in [0.15, 0.2) is 11.2 Å². The molecule has 0 bridgehead atoms. The third-order valence-corrected chi connectivity index (χ3v) is 19.1. The lowest BCUT2D eigenvalue weighted by Gasteiger charge is -2.46. The normalized spacial score (nSPS) is 18.6. The molecule has 2 aromatic heterocycles. The number of nitrogens with one attached hydrogen (secondary N) is 1. The standard InChI is InChI=1S/C32H55N7O4Si2/c1-29(2,3)44(11,12)42-38-27(39(32(9,10)31(38,7)8)43-45(13,14)30(4,5)6)22-15-17-23(18-16-22)41-20-19-37-21-34-24-25(37)35-28(33)36-26(24)40/h15-18,21,27H,19-20H2,1-14H3,(H3,33,35,36,40). The first-order valence-electron chi connectivity index (χ1n) is 15.8. The average Bonchev–Trinajstić information content (AvgIpc) is 3.34. The number of aromatic amines is 1. The van der Waals surface area contributed by atoms with E-state index in [9.17, 15) is 4.79 Å². The Balaban J connectivity index is 1.65. The Labute approximate surface area is 270 Å². The van der Waals surface area contributed by atoms with Gasteiger partial charge in [0.1, 0.15) is 18.5 Å². The molecule has 1 fully saturated rings. The van der Waals surface area contributed by atoms with Crippen molar-refractivity contribution in [2.45, 2.75) is 129 Å². The largest absolute Gasteiger partial charge is 0.492 e. The first kappa shape index (κ1) is 35.3. The van der Waals surface area contributed by atoms with Gasteiger partial charge in [0.25, 0.3) is 5.56 Å². The van der Waals surface area contributed by atoms with Gasteiger partial charge in [-0.15, -0.1) is 0 Å². The van der Waals surface area contributed by atoms with E-state index in [0.29, 0.717) is 18.8 Å². The van der Waals surface area contributed by atoms with Gasteiger partial charge in [0.2, 0.25) is 22.6 Å². The summed E-state index contributed by atoms with van der Waals surface area (Å²) >= 11 is 0. The molecule has 0 saturated carbocycles. The first-order valence-corrected chi connectivity index (χ1v) is 21.6. The number of H-pyrrole nitrogens is 1. The van der Waals surface area contributed by atoms with Crippen molar-refractivity contribution in [3.05, 3.63) is 46.5 Å². The number of nitrogens with zero attached hydrogens (tertiary/aromatic N) is 5. The molecule has 3 heterocycles. The lowest BCUT2D eigenvalue weighted by molar-refractivity contribution is -0.204. The number of fused-ring (bicyclic) bond motifs is 1. The zero-order valence-corrected chi connectivity index (χ0v) is 31.8. The number of nitrogens with two attached hydrogens (primary N) is 1. The van der Waals surface area contributed by atoms with Gasteiger partial charge in [-0.2, -0.15) is 15.1 Å². The molecule has 0 spiro atoms. The molecule has 3 N–H and O–H groups in total. The van der Waals surface area contributed by atoms with Crippen LogP contribution in [0.25, 0.3) is 11.2 Å². The minimum Gasteiger partial charge on any atom is -0.492 e. The van der Waals surface area contributed by atoms with Crippen LogP contribution in [0.3, 0.4) is 0 Å². The number of hydrogen-bond donors (Lipinski definition) is 2. The highest BCUT2D eigenvalue weighted by molar-refractivity contribution is 6.74. The molecule has 0 radical (unpaired) electrons. The molecule has 1 aliphatic rings. The molecule has 1 aliphatic heterocycles. The zero-order chi connectivity index (χ0) is 34.0. The van der Waals surface area contributed by atoms with Crippen LogP contribution in [0.2, 0.25) is 36.3 Å². The Hall–Kier alpha value is -2.56. The lowest BCUT2D eigenvalue weighted by Crippen LogP contribution is -2.58. The number of benzene rings is 1. The maximum absolute atomic E-state index is 12.1. The second-order valence-electron chi connectivity index (χ2n) is 16.3. The summed E-state index contributed by atoms with van der Waals surface area (Å²) in [5.74, 6) is 0.793. The van der Waals surface area contributed by atoms with Gasteiger partial charge in [0.05, 0.1) is 23.9 Å². The van der Waals surface area contributed by atoms with E-state index in [0.717, 1.165) is 11.3 Å². The Morgan fingerprint density at radius 2 is 1.38 bits per heavy atom. The van der Waals surface area contributed by atoms with E-state index in [1.54, 1.807) is 10.9 Å². The number of nitrogen functional groups attached to an aromatic ring is 1. The Kier molecular flexibility index (Phi) is 9.10. The van der Waals surface area contributed by atoms with E-state index in [1.807, 2.05) is 12.1 Å². The van der Waals surface area contributed by atoms with Crippen molar-refractivity contribution < 1.29 is 13.8 Å². The summed E-state index contributed by atoms with van der Waals surface area (Å²) in [7, 11) is -4.43. The zero-order valence-electron chi connectivity index (χ0n) is 29.8. The molecule has 0 unspecified atom stereocenters. The number of anilines is 1. The molecule has 3 aromatic rings. The quantitative estimate of drug-likeness (QED) is 0.238. The minimum absolute atomic E-state index is 0.0263. The number of ether oxygens (including phenoxy) is 1. The minimum atomic E-state index is -2.21. The molecular weight excluding hydrogens is 603 g/mol. The van der Waals surface area contributed by atoms with Crippen LogP contribution in [0.1, 0.15) is 81.0 Å². The molecule has 4 rings (SSSR count). The van der Waals surface area contributed by atoms with Gasteiger partial charge in [-0.3, -0.25) is 9.78 Å². The van der Waals surface area contributed by atoms with E-state index in [1.165, 1.54) is 0 Å². The van der Waals surface area contributed by atoms with Crippen molar-refractivity contribution in [3.63, 3.8) is 0 Å². The Bertz CT molecular complexity index is 1520. The van der Waals surface area contributed by atoms with Crippen molar-refractivity contribution in [2.75, 3.05) is 12.3 Å². The van der Waals surface area contributed by atoms with Crippen LogP contribution in [-0.2, 0) is 15.6 Å². The molecule has 0 aliphatic carbocycles. The predicted molar refractivity (Wildman–Crippen MR) is 186 cm³/mol. The number of hydroxylamine groups is 4. The molecule has 250 valence electrons. The van der Waals surface area contributed by atoms with Gasteiger partial charge in [-0.25, -0.2) is 4.98 Å².